The van der Waals surface area contributed by atoms with Crippen LogP contribution in [0.15, 0.2) is 54.6 Å². The van der Waals surface area contributed by atoms with E-state index in [0.29, 0.717) is 24.4 Å². The largest absolute Gasteiger partial charge is 0.452 e. The molecule has 0 aliphatic heterocycles. The molecular weight excluding hydrogens is 350 g/mol. The SMILES string of the molecule is CCN(Cc1ccccc1)C(=O)COC(=O)c1cccc(CS(C)=O)c1. The van der Waals surface area contributed by atoms with Gasteiger partial charge in [-0.25, -0.2) is 4.79 Å². The van der Waals surface area contributed by atoms with Crippen molar-refractivity contribution in [3.8, 4) is 0 Å². The quantitative estimate of drug-likeness (QED) is 0.668. The highest BCUT2D eigenvalue weighted by Crippen LogP contribution is 2.10. The van der Waals surface area contributed by atoms with Crippen LogP contribution in [0.1, 0.15) is 28.4 Å². The second-order valence-electron chi connectivity index (χ2n) is 5.89. The molecule has 0 saturated heterocycles. The molecule has 0 heterocycles. The normalized spacial score (nSPS) is 11.6. The van der Waals surface area contributed by atoms with Gasteiger partial charge < -0.3 is 9.64 Å². The van der Waals surface area contributed by atoms with E-state index in [-0.39, 0.29) is 12.5 Å². The standard InChI is InChI=1S/C20H23NO4S/c1-3-21(13-16-8-5-4-6-9-16)19(22)14-25-20(23)18-11-7-10-17(12-18)15-26(2)24/h4-12H,3,13-15H2,1-2H3. The number of hydrogen-bond acceptors (Lipinski definition) is 4. The van der Waals surface area contributed by atoms with Crippen LogP contribution in [-0.4, -0.2) is 40.4 Å². The van der Waals surface area contributed by atoms with Crippen LogP contribution in [0.4, 0.5) is 0 Å². The van der Waals surface area contributed by atoms with Crippen LogP contribution in [-0.2, 0) is 32.6 Å². The Morgan fingerprint density at radius 3 is 2.38 bits per heavy atom. The fourth-order valence-corrected chi connectivity index (χ4v) is 3.15. The lowest BCUT2D eigenvalue weighted by Crippen LogP contribution is -2.34. The summed E-state index contributed by atoms with van der Waals surface area (Å²) >= 11 is 0. The zero-order chi connectivity index (χ0) is 18.9. The lowest BCUT2D eigenvalue weighted by molar-refractivity contribution is -0.134. The lowest BCUT2D eigenvalue weighted by Gasteiger charge is -2.20. The van der Waals surface area contributed by atoms with Crippen LogP contribution >= 0.6 is 0 Å². The van der Waals surface area contributed by atoms with Crippen LogP contribution in [0.25, 0.3) is 0 Å². The third-order valence-corrected chi connectivity index (χ3v) is 4.55. The maximum atomic E-state index is 12.3. The zero-order valence-electron chi connectivity index (χ0n) is 15.0. The number of rotatable bonds is 8. The van der Waals surface area contributed by atoms with Crippen molar-refractivity contribution in [3.63, 3.8) is 0 Å². The molecule has 1 amide bonds. The van der Waals surface area contributed by atoms with Crippen molar-refractivity contribution in [2.45, 2.75) is 19.2 Å². The molecular formula is C20H23NO4S. The Hall–Kier alpha value is -2.47. The van der Waals surface area contributed by atoms with E-state index in [4.69, 9.17) is 4.74 Å². The Kier molecular flexibility index (Phi) is 7.53. The Balaban J connectivity index is 1.93. The third-order valence-electron chi connectivity index (χ3n) is 3.81. The number of hydrogen-bond donors (Lipinski definition) is 0. The van der Waals surface area contributed by atoms with Crippen LogP contribution in [0.2, 0.25) is 0 Å². The van der Waals surface area contributed by atoms with E-state index in [1.54, 1.807) is 29.4 Å². The molecule has 5 nitrogen and oxygen atoms in total. The number of esters is 1. The van der Waals surface area contributed by atoms with Gasteiger partial charge in [-0.2, -0.15) is 0 Å². The summed E-state index contributed by atoms with van der Waals surface area (Å²) in [6, 6.07) is 16.5. The van der Waals surface area contributed by atoms with Crippen LogP contribution in [0, 0.1) is 0 Å². The van der Waals surface area contributed by atoms with Crippen LogP contribution in [0.5, 0.6) is 0 Å². The minimum Gasteiger partial charge on any atom is -0.452 e. The Morgan fingerprint density at radius 1 is 1.04 bits per heavy atom. The van der Waals surface area contributed by atoms with Crippen molar-refractivity contribution in [3.05, 3.63) is 71.3 Å². The first kappa shape index (κ1) is 19.8. The summed E-state index contributed by atoms with van der Waals surface area (Å²) in [6.45, 7) is 2.59. The minimum absolute atomic E-state index is 0.240. The molecule has 0 N–H and O–H groups in total. The molecule has 0 radical (unpaired) electrons. The Morgan fingerprint density at radius 2 is 1.73 bits per heavy atom. The molecule has 2 aromatic carbocycles. The highest BCUT2D eigenvalue weighted by atomic mass is 32.2. The first-order chi connectivity index (χ1) is 12.5. The summed E-state index contributed by atoms with van der Waals surface area (Å²) in [5, 5.41) is 0. The molecule has 1 unspecified atom stereocenters. The van der Waals surface area contributed by atoms with Crippen molar-refractivity contribution in [2.24, 2.45) is 0 Å². The average molecular weight is 373 g/mol. The van der Waals surface area contributed by atoms with E-state index in [1.165, 1.54) is 0 Å². The van der Waals surface area contributed by atoms with E-state index < -0.39 is 16.8 Å². The second-order valence-corrected chi connectivity index (χ2v) is 7.32. The monoisotopic (exact) mass is 373 g/mol. The third kappa shape index (κ3) is 6.11. The fraction of sp³-hybridized carbons (Fsp3) is 0.300. The molecule has 6 heteroatoms. The average Bonchev–Trinajstić information content (AvgIpc) is 2.64. The van der Waals surface area contributed by atoms with Crippen molar-refractivity contribution in [2.75, 3.05) is 19.4 Å². The summed E-state index contributed by atoms with van der Waals surface area (Å²) in [5.74, 6) is -0.422. The summed E-state index contributed by atoms with van der Waals surface area (Å²) in [7, 11) is -0.989. The van der Waals surface area contributed by atoms with Gasteiger partial charge in [0.25, 0.3) is 5.91 Å². The number of amides is 1. The van der Waals surface area contributed by atoms with Gasteiger partial charge in [0.2, 0.25) is 0 Å². The topological polar surface area (TPSA) is 63.7 Å². The van der Waals surface area contributed by atoms with Gasteiger partial charge in [0.1, 0.15) is 0 Å². The van der Waals surface area contributed by atoms with E-state index in [9.17, 15) is 13.8 Å². The van der Waals surface area contributed by atoms with Gasteiger partial charge in [0, 0.05) is 35.9 Å². The van der Waals surface area contributed by atoms with E-state index in [1.807, 2.05) is 43.3 Å². The Bertz CT molecular complexity index is 776. The maximum Gasteiger partial charge on any atom is 0.338 e. The highest BCUT2D eigenvalue weighted by molar-refractivity contribution is 7.83. The van der Waals surface area contributed by atoms with Gasteiger partial charge >= 0.3 is 5.97 Å². The van der Waals surface area contributed by atoms with Gasteiger partial charge in [0.05, 0.1) is 5.56 Å². The van der Waals surface area contributed by atoms with Crippen molar-refractivity contribution in [1.29, 1.82) is 0 Å². The van der Waals surface area contributed by atoms with Gasteiger partial charge in [-0.1, -0.05) is 42.5 Å². The second kappa shape index (κ2) is 9.87. The maximum absolute atomic E-state index is 12.3. The van der Waals surface area contributed by atoms with Crippen LogP contribution < -0.4 is 0 Å². The van der Waals surface area contributed by atoms with Gasteiger partial charge in [-0.05, 0) is 30.2 Å². The number of ether oxygens (including phenoxy) is 1. The number of carbonyl (C=O) groups excluding carboxylic acids is 2. The zero-order valence-corrected chi connectivity index (χ0v) is 15.8. The van der Waals surface area contributed by atoms with Crippen molar-refractivity contribution < 1.29 is 18.5 Å². The number of likely N-dealkylation sites (N-methyl/N-ethyl adjacent to an activating group) is 1. The molecule has 0 saturated carbocycles. The molecule has 138 valence electrons. The van der Waals surface area contributed by atoms with Crippen LogP contribution in [0.3, 0.4) is 0 Å². The van der Waals surface area contributed by atoms with E-state index >= 15 is 0 Å². The molecule has 0 spiro atoms. The van der Waals surface area contributed by atoms with E-state index in [2.05, 4.69) is 0 Å². The lowest BCUT2D eigenvalue weighted by atomic mass is 10.1. The predicted molar refractivity (Wildman–Crippen MR) is 102 cm³/mol. The molecule has 0 aliphatic carbocycles. The first-order valence-corrected chi connectivity index (χ1v) is 10.1. The summed E-state index contributed by atoms with van der Waals surface area (Å²) in [6.07, 6.45) is 1.61. The molecule has 0 aliphatic rings. The van der Waals surface area contributed by atoms with Gasteiger partial charge in [-0.15, -0.1) is 0 Å². The van der Waals surface area contributed by atoms with Crippen molar-refractivity contribution in [1.82, 2.24) is 4.90 Å². The smallest absolute Gasteiger partial charge is 0.338 e. The Labute approximate surface area is 156 Å². The molecule has 2 rings (SSSR count). The predicted octanol–water partition coefficient (Wildman–Crippen LogP) is 2.77. The highest BCUT2D eigenvalue weighted by Gasteiger charge is 2.16. The molecule has 26 heavy (non-hydrogen) atoms. The fourth-order valence-electron chi connectivity index (χ4n) is 2.50. The van der Waals surface area contributed by atoms with E-state index in [0.717, 1.165) is 11.1 Å². The summed E-state index contributed by atoms with van der Waals surface area (Å²) in [5.41, 5.74) is 2.17. The molecule has 0 aromatic heterocycles. The molecule has 0 bridgehead atoms. The molecule has 1 atom stereocenters. The molecule has 0 fully saturated rings. The summed E-state index contributed by atoms with van der Waals surface area (Å²) < 4.78 is 16.5. The minimum atomic E-state index is -0.989. The molecule has 2 aromatic rings. The van der Waals surface area contributed by atoms with Gasteiger partial charge in [0.15, 0.2) is 6.61 Å². The first-order valence-electron chi connectivity index (χ1n) is 8.37. The van der Waals surface area contributed by atoms with Gasteiger partial charge in [-0.3, -0.25) is 9.00 Å². The summed E-state index contributed by atoms with van der Waals surface area (Å²) in [4.78, 5) is 26.2. The van der Waals surface area contributed by atoms with Crippen molar-refractivity contribution >= 4 is 22.7 Å². The number of carbonyl (C=O) groups is 2. The number of nitrogens with zero attached hydrogens (tertiary/aromatic N) is 1. The number of benzene rings is 2.